The second-order valence-corrected chi connectivity index (χ2v) is 7.38. The van der Waals surface area contributed by atoms with E-state index in [2.05, 4.69) is 30.0 Å². The normalized spacial score (nSPS) is 31.3. The standard InChI is InChI=1S/C20H31NO3/c1-3-16-6-4-7-17(14-16)24-13-11-21-10-5-8-19(21)18-15-23-12-9-20(18,2)22/h4,6-7,14,18-19,22H,3,5,8-13,15H2,1-2H3/t18-,19+,20-/m0/s1. The lowest BCUT2D eigenvalue weighted by molar-refractivity contribution is -0.123. The summed E-state index contributed by atoms with van der Waals surface area (Å²) in [7, 11) is 0. The number of likely N-dealkylation sites (tertiary alicyclic amines) is 1. The molecule has 2 aliphatic heterocycles. The van der Waals surface area contributed by atoms with Gasteiger partial charge in [-0.1, -0.05) is 19.1 Å². The molecule has 0 aromatic heterocycles. The molecule has 134 valence electrons. The van der Waals surface area contributed by atoms with Crippen LogP contribution in [0.3, 0.4) is 0 Å². The largest absolute Gasteiger partial charge is 0.492 e. The second kappa shape index (κ2) is 7.85. The number of aliphatic hydroxyl groups is 1. The second-order valence-electron chi connectivity index (χ2n) is 7.38. The van der Waals surface area contributed by atoms with E-state index in [1.165, 1.54) is 12.0 Å². The monoisotopic (exact) mass is 333 g/mol. The summed E-state index contributed by atoms with van der Waals surface area (Å²) >= 11 is 0. The van der Waals surface area contributed by atoms with Crippen LogP contribution < -0.4 is 4.74 Å². The molecule has 0 aliphatic carbocycles. The summed E-state index contributed by atoms with van der Waals surface area (Å²) in [4.78, 5) is 2.48. The van der Waals surface area contributed by atoms with Gasteiger partial charge < -0.3 is 14.6 Å². The predicted molar refractivity (Wildman–Crippen MR) is 95.5 cm³/mol. The summed E-state index contributed by atoms with van der Waals surface area (Å²) in [6, 6.07) is 8.75. The van der Waals surface area contributed by atoms with Crippen LogP contribution in [-0.4, -0.2) is 54.6 Å². The maximum absolute atomic E-state index is 10.7. The van der Waals surface area contributed by atoms with Gasteiger partial charge in [-0.2, -0.15) is 0 Å². The molecular weight excluding hydrogens is 302 g/mol. The van der Waals surface area contributed by atoms with Gasteiger partial charge in [0.15, 0.2) is 0 Å². The Balaban J connectivity index is 1.54. The number of nitrogens with zero attached hydrogens (tertiary/aromatic N) is 1. The van der Waals surface area contributed by atoms with E-state index >= 15 is 0 Å². The molecule has 3 rings (SSSR count). The predicted octanol–water partition coefficient (Wildman–Crippen LogP) is 2.88. The third-order valence-electron chi connectivity index (χ3n) is 5.68. The van der Waals surface area contributed by atoms with Crippen LogP contribution in [0.5, 0.6) is 5.75 Å². The minimum atomic E-state index is -0.609. The van der Waals surface area contributed by atoms with Crippen molar-refractivity contribution in [3.63, 3.8) is 0 Å². The fourth-order valence-corrected chi connectivity index (χ4v) is 4.10. The summed E-state index contributed by atoms with van der Waals surface area (Å²) in [5, 5.41) is 10.7. The highest BCUT2D eigenvalue weighted by Gasteiger charge is 2.43. The van der Waals surface area contributed by atoms with E-state index in [1.54, 1.807) is 0 Å². The van der Waals surface area contributed by atoms with Crippen LogP contribution >= 0.6 is 0 Å². The molecule has 2 saturated heterocycles. The molecule has 0 radical (unpaired) electrons. The van der Waals surface area contributed by atoms with Gasteiger partial charge in [-0.05, 0) is 56.8 Å². The zero-order chi connectivity index (χ0) is 17.0. The Hall–Kier alpha value is -1.10. The van der Waals surface area contributed by atoms with Gasteiger partial charge in [-0.15, -0.1) is 0 Å². The molecule has 2 aliphatic rings. The zero-order valence-electron chi connectivity index (χ0n) is 15.0. The lowest BCUT2D eigenvalue weighted by Crippen LogP contribution is -2.53. The Morgan fingerprint density at radius 2 is 2.29 bits per heavy atom. The summed E-state index contributed by atoms with van der Waals surface area (Å²) in [5.41, 5.74) is 0.698. The number of ether oxygens (including phenoxy) is 2. The van der Waals surface area contributed by atoms with Gasteiger partial charge in [0.05, 0.1) is 12.2 Å². The lowest BCUT2D eigenvalue weighted by atomic mass is 9.79. The number of hydrogen-bond acceptors (Lipinski definition) is 4. The summed E-state index contributed by atoms with van der Waals surface area (Å²) in [6.07, 6.45) is 4.11. The van der Waals surface area contributed by atoms with E-state index in [0.717, 1.165) is 38.1 Å². The fourth-order valence-electron chi connectivity index (χ4n) is 4.10. The van der Waals surface area contributed by atoms with Gasteiger partial charge >= 0.3 is 0 Å². The van der Waals surface area contributed by atoms with Crippen molar-refractivity contribution in [2.24, 2.45) is 5.92 Å². The molecule has 0 spiro atoms. The highest BCUT2D eigenvalue weighted by Crippen LogP contribution is 2.35. The molecule has 4 nitrogen and oxygen atoms in total. The van der Waals surface area contributed by atoms with Gasteiger partial charge in [0.2, 0.25) is 0 Å². The summed E-state index contributed by atoms with van der Waals surface area (Å²) in [5.74, 6) is 1.16. The highest BCUT2D eigenvalue weighted by atomic mass is 16.5. The van der Waals surface area contributed by atoms with E-state index in [4.69, 9.17) is 9.47 Å². The Labute approximate surface area is 145 Å². The van der Waals surface area contributed by atoms with E-state index < -0.39 is 5.60 Å². The number of aryl methyl sites for hydroxylation is 1. The van der Waals surface area contributed by atoms with Gasteiger partial charge in [0.1, 0.15) is 12.4 Å². The molecule has 1 aromatic rings. The lowest BCUT2D eigenvalue weighted by Gasteiger charge is -2.43. The maximum atomic E-state index is 10.7. The number of rotatable bonds is 6. The maximum Gasteiger partial charge on any atom is 0.119 e. The quantitative estimate of drug-likeness (QED) is 0.869. The molecule has 3 atom stereocenters. The molecule has 0 saturated carbocycles. The van der Waals surface area contributed by atoms with Crippen molar-refractivity contribution in [3.05, 3.63) is 29.8 Å². The van der Waals surface area contributed by atoms with Gasteiger partial charge in [0.25, 0.3) is 0 Å². The number of benzene rings is 1. The van der Waals surface area contributed by atoms with Gasteiger partial charge in [-0.25, -0.2) is 0 Å². The minimum absolute atomic E-state index is 0.206. The first kappa shape index (κ1) is 17.7. The van der Waals surface area contributed by atoms with Crippen LogP contribution in [0.2, 0.25) is 0 Å². The molecule has 0 bridgehead atoms. The molecule has 2 heterocycles. The SMILES string of the molecule is CCc1cccc(OCCN2CCC[C@@H]2[C@@H]2COCC[C@]2(C)O)c1. The smallest absolute Gasteiger partial charge is 0.119 e. The van der Waals surface area contributed by atoms with Crippen molar-refractivity contribution in [1.82, 2.24) is 4.90 Å². The Morgan fingerprint density at radius 3 is 3.08 bits per heavy atom. The molecular formula is C20H31NO3. The average molecular weight is 333 g/mol. The molecule has 24 heavy (non-hydrogen) atoms. The van der Waals surface area contributed by atoms with Crippen LogP contribution in [0.25, 0.3) is 0 Å². The molecule has 2 fully saturated rings. The molecule has 4 heteroatoms. The highest BCUT2D eigenvalue weighted by molar-refractivity contribution is 5.28. The van der Waals surface area contributed by atoms with Crippen molar-refractivity contribution in [2.45, 2.75) is 51.2 Å². The van der Waals surface area contributed by atoms with E-state index in [0.29, 0.717) is 25.9 Å². The van der Waals surface area contributed by atoms with E-state index in [9.17, 15) is 5.11 Å². The Kier molecular flexibility index (Phi) is 5.80. The molecule has 1 aromatic carbocycles. The first-order valence-electron chi connectivity index (χ1n) is 9.36. The van der Waals surface area contributed by atoms with E-state index in [1.807, 2.05) is 13.0 Å². The zero-order valence-corrected chi connectivity index (χ0v) is 15.0. The van der Waals surface area contributed by atoms with Crippen LogP contribution in [0, 0.1) is 5.92 Å². The van der Waals surface area contributed by atoms with Crippen molar-refractivity contribution in [1.29, 1.82) is 0 Å². The summed E-state index contributed by atoms with van der Waals surface area (Å²) in [6.45, 7) is 8.18. The third-order valence-corrected chi connectivity index (χ3v) is 5.68. The van der Waals surface area contributed by atoms with E-state index in [-0.39, 0.29) is 5.92 Å². The van der Waals surface area contributed by atoms with Gasteiger partial charge in [0, 0.05) is 25.1 Å². The molecule has 1 N–H and O–H groups in total. The van der Waals surface area contributed by atoms with Gasteiger partial charge in [-0.3, -0.25) is 4.90 Å². The van der Waals surface area contributed by atoms with Crippen LogP contribution in [-0.2, 0) is 11.2 Å². The molecule has 0 amide bonds. The first-order chi connectivity index (χ1) is 11.6. The van der Waals surface area contributed by atoms with Crippen LogP contribution in [0.15, 0.2) is 24.3 Å². The first-order valence-corrected chi connectivity index (χ1v) is 9.36. The Bertz CT molecular complexity index is 531. The third kappa shape index (κ3) is 4.11. The van der Waals surface area contributed by atoms with Crippen molar-refractivity contribution < 1.29 is 14.6 Å². The average Bonchev–Trinajstić information content (AvgIpc) is 3.03. The molecule has 0 unspecified atom stereocenters. The summed E-state index contributed by atoms with van der Waals surface area (Å²) < 4.78 is 11.6. The van der Waals surface area contributed by atoms with Crippen LogP contribution in [0.1, 0.15) is 38.7 Å². The topological polar surface area (TPSA) is 41.9 Å². The fraction of sp³-hybridized carbons (Fsp3) is 0.700. The van der Waals surface area contributed by atoms with Crippen molar-refractivity contribution in [2.75, 3.05) is 32.9 Å². The van der Waals surface area contributed by atoms with Crippen molar-refractivity contribution in [3.8, 4) is 5.75 Å². The van der Waals surface area contributed by atoms with Crippen LogP contribution in [0.4, 0.5) is 0 Å². The Morgan fingerprint density at radius 1 is 1.42 bits per heavy atom. The minimum Gasteiger partial charge on any atom is -0.492 e. The van der Waals surface area contributed by atoms with Crippen molar-refractivity contribution >= 4 is 0 Å². The number of hydrogen-bond donors (Lipinski definition) is 1.